The van der Waals surface area contributed by atoms with Crippen LogP contribution in [-0.4, -0.2) is 20.9 Å². The van der Waals surface area contributed by atoms with E-state index < -0.39 is 0 Å². The third kappa shape index (κ3) is 2.99. The van der Waals surface area contributed by atoms with Crippen LogP contribution in [0.15, 0.2) is 58.2 Å². The van der Waals surface area contributed by atoms with Crippen molar-refractivity contribution >= 4 is 34.1 Å². The number of thioether (sulfide) groups is 1. The Balaban J connectivity index is 1.86. The minimum atomic E-state index is -0.0737. The second-order valence-electron chi connectivity index (χ2n) is 5.70. The summed E-state index contributed by atoms with van der Waals surface area (Å²) in [5.41, 5.74) is 2.95. The van der Waals surface area contributed by atoms with Crippen LogP contribution in [0.1, 0.15) is 11.1 Å². The highest BCUT2D eigenvalue weighted by atomic mass is 32.2. The number of hydrogen-bond donors (Lipinski definition) is 0. The first-order valence-corrected chi connectivity index (χ1v) is 9.80. The molecule has 2 heterocycles. The van der Waals surface area contributed by atoms with Gasteiger partial charge in [0.05, 0.1) is 4.53 Å². The van der Waals surface area contributed by atoms with E-state index in [-0.39, 0.29) is 5.56 Å². The molecule has 0 aliphatic heterocycles. The molecule has 4 nitrogen and oxygen atoms in total. The highest BCUT2D eigenvalue weighted by Crippen LogP contribution is 2.19. The molecule has 0 spiro atoms. The highest BCUT2D eigenvalue weighted by Gasteiger charge is 2.14. The van der Waals surface area contributed by atoms with Crippen molar-refractivity contribution < 1.29 is 0 Å². The summed E-state index contributed by atoms with van der Waals surface area (Å²) in [7, 11) is 0. The van der Waals surface area contributed by atoms with Gasteiger partial charge in [-0.1, -0.05) is 47.2 Å². The molecule has 2 aromatic heterocycles. The quantitative estimate of drug-likeness (QED) is 0.522. The van der Waals surface area contributed by atoms with E-state index in [4.69, 9.17) is 0 Å². The Hall–Kier alpha value is -2.44. The lowest BCUT2D eigenvalue weighted by atomic mass is 10.1. The van der Waals surface area contributed by atoms with Crippen molar-refractivity contribution in [3.05, 3.63) is 74.5 Å². The van der Waals surface area contributed by atoms with Gasteiger partial charge in [-0.05, 0) is 43.0 Å². The van der Waals surface area contributed by atoms with E-state index in [0.717, 1.165) is 16.7 Å². The maximum absolute atomic E-state index is 12.9. The molecule has 0 N–H and O–H groups in total. The van der Waals surface area contributed by atoms with Crippen LogP contribution in [-0.2, 0) is 0 Å². The molecule has 0 fully saturated rings. The molecule has 0 saturated heterocycles. The molecule has 2 aromatic carbocycles. The Morgan fingerprint density at radius 1 is 1.12 bits per heavy atom. The van der Waals surface area contributed by atoms with Crippen LogP contribution in [0.4, 0.5) is 0 Å². The number of aromatic nitrogens is 3. The van der Waals surface area contributed by atoms with Crippen LogP contribution < -0.4 is 10.1 Å². The van der Waals surface area contributed by atoms with E-state index in [1.165, 1.54) is 16.2 Å². The van der Waals surface area contributed by atoms with E-state index in [1.54, 1.807) is 16.2 Å². The Labute approximate surface area is 152 Å². The third-order valence-corrected chi connectivity index (χ3v) is 5.64. The van der Waals surface area contributed by atoms with Crippen LogP contribution in [0.3, 0.4) is 0 Å². The first-order chi connectivity index (χ1) is 12.2. The minimum Gasteiger partial charge on any atom is -0.267 e. The SMILES string of the molecule is CSc1ccc(/C=c2\sc3nnc(-c4cccc(C)c4)n3c2=O)cc1. The van der Waals surface area contributed by atoms with Crippen molar-refractivity contribution in [1.29, 1.82) is 0 Å². The second-order valence-corrected chi connectivity index (χ2v) is 7.59. The van der Waals surface area contributed by atoms with Gasteiger partial charge in [0.25, 0.3) is 5.56 Å². The molecule has 0 atom stereocenters. The fraction of sp³-hybridized carbons (Fsp3) is 0.105. The van der Waals surface area contributed by atoms with Crippen LogP contribution in [0.25, 0.3) is 22.4 Å². The van der Waals surface area contributed by atoms with Gasteiger partial charge in [0.15, 0.2) is 5.82 Å². The van der Waals surface area contributed by atoms with Gasteiger partial charge in [-0.2, -0.15) is 0 Å². The minimum absolute atomic E-state index is 0.0737. The monoisotopic (exact) mass is 365 g/mol. The summed E-state index contributed by atoms with van der Waals surface area (Å²) >= 11 is 3.06. The summed E-state index contributed by atoms with van der Waals surface area (Å²) in [5.74, 6) is 0.595. The molecule has 0 aliphatic rings. The van der Waals surface area contributed by atoms with Gasteiger partial charge in [0, 0.05) is 10.5 Å². The first-order valence-electron chi connectivity index (χ1n) is 7.76. The van der Waals surface area contributed by atoms with E-state index in [1.807, 2.05) is 55.7 Å². The number of benzene rings is 2. The highest BCUT2D eigenvalue weighted by molar-refractivity contribution is 7.98. The molecule has 0 aliphatic carbocycles. The summed E-state index contributed by atoms with van der Waals surface area (Å²) in [6.07, 6.45) is 3.95. The van der Waals surface area contributed by atoms with E-state index >= 15 is 0 Å². The van der Waals surface area contributed by atoms with E-state index in [9.17, 15) is 4.79 Å². The lowest BCUT2D eigenvalue weighted by Crippen LogP contribution is -2.23. The standard InChI is InChI=1S/C19H15N3OS2/c1-12-4-3-5-14(10-12)17-20-21-19-22(17)18(23)16(25-19)11-13-6-8-15(24-2)9-7-13/h3-11H,1-2H3/b16-11-. The van der Waals surface area contributed by atoms with Crippen molar-refractivity contribution in [2.75, 3.05) is 6.26 Å². The Kier molecular flexibility index (Phi) is 4.15. The maximum Gasteiger partial charge on any atom is 0.276 e. The van der Waals surface area contributed by atoms with Crippen molar-refractivity contribution in [1.82, 2.24) is 14.6 Å². The predicted molar refractivity (Wildman–Crippen MR) is 104 cm³/mol. The molecule has 0 unspecified atom stereocenters. The van der Waals surface area contributed by atoms with Crippen molar-refractivity contribution in [3.8, 4) is 11.4 Å². The molecule has 0 radical (unpaired) electrons. The lowest BCUT2D eigenvalue weighted by Gasteiger charge is -1.98. The van der Waals surface area contributed by atoms with Crippen molar-refractivity contribution in [2.24, 2.45) is 0 Å². The smallest absolute Gasteiger partial charge is 0.267 e. The molecule has 4 aromatic rings. The number of hydrogen-bond acceptors (Lipinski definition) is 5. The summed E-state index contributed by atoms with van der Waals surface area (Å²) in [5, 5.41) is 8.39. The summed E-state index contributed by atoms with van der Waals surface area (Å²) < 4.78 is 2.26. The largest absolute Gasteiger partial charge is 0.276 e. The summed E-state index contributed by atoms with van der Waals surface area (Å²) in [6.45, 7) is 2.02. The van der Waals surface area contributed by atoms with Crippen LogP contribution in [0.2, 0.25) is 0 Å². The molecular formula is C19H15N3OS2. The number of aryl methyl sites for hydroxylation is 1. The number of thiazole rings is 1. The van der Waals surface area contributed by atoms with Gasteiger partial charge in [0.1, 0.15) is 0 Å². The molecular weight excluding hydrogens is 350 g/mol. The van der Waals surface area contributed by atoms with E-state index in [2.05, 4.69) is 22.3 Å². The molecule has 25 heavy (non-hydrogen) atoms. The number of nitrogens with zero attached hydrogens (tertiary/aromatic N) is 3. The Bertz CT molecular complexity index is 1160. The average molecular weight is 365 g/mol. The second kappa shape index (κ2) is 6.46. The fourth-order valence-corrected chi connectivity index (χ4v) is 4.01. The van der Waals surface area contributed by atoms with Crippen LogP contribution >= 0.6 is 23.1 Å². The summed E-state index contributed by atoms with van der Waals surface area (Å²) in [6, 6.07) is 16.1. The van der Waals surface area contributed by atoms with Gasteiger partial charge in [-0.3, -0.25) is 4.79 Å². The Morgan fingerprint density at radius 2 is 1.92 bits per heavy atom. The van der Waals surface area contributed by atoms with Gasteiger partial charge >= 0.3 is 0 Å². The zero-order valence-electron chi connectivity index (χ0n) is 13.8. The van der Waals surface area contributed by atoms with Crippen LogP contribution in [0.5, 0.6) is 0 Å². The molecule has 4 rings (SSSR count). The van der Waals surface area contributed by atoms with E-state index in [0.29, 0.717) is 15.3 Å². The zero-order valence-corrected chi connectivity index (χ0v) is 15.4. The van der Waals surface area contributed by atoms with Crippen molar-refractivity contribution in [2.45, 2.75) is 11.8 Å². The summed E-state index contributed by atoms with van der Waals surface area (Å²) in [4.78, 5) is 14.7. The lowest BCUT2D eigenvalue weighted by molar-refractivity contribution is 1.09. The maximum atomic E-state index is 12.9. The normalized spacial score (nSPS) is 12.2. The molecule has 0 saturated carbocycles. The average Bonchev–Trinajstić information content (AvgIpc) is 3.17. The van der Waals surface area contributed by atoms with Gasteiger partial charge in [-0.25, -0.2) is 4.40 Å². The Morgan fingerprint density at radius 3 is 2.64 bits per heavy atom. The van der Waals surface area contributed by atoms with Crippen molar-refractivity contribution in [3.63, 3.8) is 0 Å². The molecule has 124 valence electrons. The predicted octanol–water partition coefficient (Wildman–Crippen LogP) is 3.40. The fourth-order valence-electron chi connectivity index (χ4n) is 2.69. The van der Waals surface area contributed by atoms with Gasteiger partial charge in [-0.15, -0.1) is 22.0 Å². The molecule has 0 bridgehead atoms. The number of rotatable bonds is 3. The number of fused-ring (bicyclic) bond motifs is 1. The molecule has 0 amide bonds. The first kappa shape index (κ1) is 16.1. The van der Waals surface area contributed by atoms with Crippen LogP contribution in [0, 0.1) is 6.92 Å². The van der Waals surface area contributed by atoms with Gasteiger partial charge < -0.3 is 0 Å². The molecule has 6 heteroatoms. The zero-order chi connectivity index (χ0) is 17.4. The third-order valence-electron chi connectivity index (χ3n) is 3.94. The van der Waals surface area contributed by atoms with Gasteiger partial charge in [0.2, 0.25) is 4.96 Å². The topological polar surface area (TPSA) is 47.3 Å².